The van der Waals surface area contributed by atoms with Crippen molar-refractivity contribution in [1.29, 1.82) is 0 Å². The SMILES string of the molecule is CCc1cc(C)cc(C)[c]1[Pb]([O]C(C)=O)([O]C(C)=O)[O]C(C)=O.CCc1cc(C)cc(C)c1B(O)O.CCc1cc(C)cc(C)c1C1=C(O)CC(CCSc2ccc(C)cc2)CC1=O.Cc1ccc(SCCC2CC(=O)C=C(O)C2)cc1. The molecular weight excluding hydrogens is 1270 g/mol. The fraction of sp³-hybridized carbons (Fsp3) is 0.409. The molecule has 5 aromatic rings. The number of carbonyl (C=O) groups excluding carboxylic acids is 5. The molecule has 16 heteroatoms. The van der Waals surface area contributed by atoms with E-state index in [1.165, 1.54) is 58.9 Å². The van der Waals surface area contributed by atoms with Gasteiger partial charge in [-0.2, -0.15) is 0 Å². The van der Waals surface area contributed by atoms with E-state index >= 15 is 0 Å². The Hall–Kier alpha value is -5.46. The molecule has 0 heterocycles. The molecule has 2 atom stereocenters. The standard InChI is InChI=1S/C25H30O2S.C15H18O2S.C10H15BO2.C10H13.3C2H4O2.Pb/c1-5-20-13-17(3)12-18(4)24(20)25-22(26)14-19(15-23(25)27)10-11-28-21-8-6-16(2)7-9-21;1-11-2-4-15(5-3-11)18-7-6-12-8-13(16)10-14(17)9-12;1-4-9-6-7(2)5-8(3)10(9)11(12)13;1-4-10-6-8(2)5-9(3)7-10;3*1-2(3)4;/h6-9,12-13,19,26H,5,10-11,14-15H2,1-4H3;2-5,10,12,16H,6-9H2,1H3;5-6,12-13H,4H2,1-3H3;5-6H,4H2,1-3H3;3*1H3,(H,3,4);/q;;;;;;;+3/p-3. The second kappa shape index (κ2) is 33.1. The average molecular weight is 1350 g/mol. The molecule has 12 nitrogen and oxygen atoms in total. The number of Topliss-reactive ketones (excluding diaryl/α,β-unsaturated/α-hetero) is 1. The average Bonchev–Trinajstić information content (AvgIpc) is 3.40. The number of aliphatic hydroxyl groups is 2. The predicted molar refractivity (Wildman–Crippen MR) is 335 cm³/mol. The Kier molecular flexibility index (Phi) is 27.9. The van der Waals surface area contributed by atoms with Gasteiger partial charge in [0.05, 0.1) is 11.3 Å². The van der Waals surface area contributed by atoms with Gasteiger partial charge in [-0.1, -0.05) is 90.2 Å². The molecule has 0 amide bonds. The van der Waals surface area contributed by atoms with E-state index in [1.807, 2.05) is 96.3 Å². The van der Waals surface area contributed by atoms with Crippen LogP contribution < -0.4 is 8.59 Å². The van der Waals surface area contributed by atoms with E-state index < -0.39 is 47.6 Å². The smallest absolute Gasteiger partial charge is 0.488 e. The Morgan fingerprint density at radius 2 is 0.976 bits per heavy atom. The van der Waals surface area contributed by atoms with E-state index in [9.17, 15) is 34.2 Å². The first-order valence-electron chi connectivity index (χ1n) is 28.2. The summed E-state index contributed by atoms with van der Waals surface area (Å²) in [5, 5.41) is 38.5. The third kappa shape index (κ3) is 21.3. The van der Waals surface area contributed by atoms with Crippen LogP contribution in [0.5, 0.6) is 0 Å². The molecule has 7 rings (SSSR count). The summed E-state index contributed by atoms with van der Waals surface area (Å²) in [7, 11) is -1.35. The maximum absolute atomic E-state index is 13.0. The molecule has 82 heavy (non-hydrogen) atoms. The number of rotatable bonds is 17. The zero-order valence-electron chi connectivity index (χ0n) is 50.5. The van der Waals surface area contributed by atoms with Crippen molar-refractivity contribution in [2.45, 2.75) is 165 Å². The van der Waals surface area contributed by atoms with Crippen LogP contribution in [-0.4, -0.2) is 90.9 Å². The van der Waals surface area contributed by atoms with Crippen LogP contribution in [0, 0.1) is 67.2 Å². The van der Waals surface area contributed by atoms with Gasteiger partial charge in [0, 0.05) is 41.6 Å². The van der Waals surface area contributed by atoms with Crippen molar-refractivity contribution >= 4 is 96.8 Å². The van der Waals surface area contributed by atoms with Gasteiger partial charge in [-0.15, -0.1) is 23.5 Å². The molecular formula is C66H85BO12PbS2. The molecule has 0 aliphatic heterocycles. The van der Waals surface area contributed by atoms with Gasteiger partial charge >= 0.3 is 150 Å². The van der Waals surface area contributed by atoms with Gasteiger partial charge < -0.3 is 20.3 Å². The van der Waals surface area contributed by atoms with Crippen LogP contribution in [0.3, 0.4) is 0 Å². The van der Waals surface area contributed by atoms with E-state index in [0.29, 0.717) is 52.2 Å². The van der Waals surface area contributed by atoms with Gasteiger partial charge in [-0.3, -0.25) is 9.59 Å². The summed E-state index contributed by atoms with van der Waals surface area (Å²) >= 11 is -1.50. The molecule has 0 saturated carbocycles. The Balaban J connectivity index is 0.000000243. The van der Waals surface area contributed by atoms with Gasteiger partial charge in [-0.25, -0.2) is 0 Å². The second-order valence-electron chi connectivity index (χ2n) is 21.5. The summed E-state index contributed by atoms with van der Waals surface area (Å²) in [5.74, 6) is 1.25. The van der Waals surface area contributed by atoms with Crippen LogP contribution >= 0.6 is 23.5 Å². The summed E-state index contributed by atoms with van der Waals surface area (Å²) in [6.07, 6.45) is 7.97. The summed E-state index contributed by atoms with van der Waals surface area (Å²) in [5.41, 5.74) is 14.0. The van der Waals surface area contributed by atoms with Crippen LogP contribution in [-0.2, 0) is 51.3 Å². The molecule has 0 aromatic heterocycles. The van der Waals surface area contributed by atoms with Crippen LogP contribution in [0.4, 0.5) is 0 Å². The predicted octanol–water partition coefficient (Wildman–Crippen LogP) is 12.7. The van der Waals surface area contributed by atoms with Crippen LogP contribution in [0.2, 0.25) is 0 Å². The molecule has 0 bridgehead atoms. The molecule has 5 aromatic carbocycles. The van der Waals surface area contributed by atoms with Crippen molar-refractivity contribution in [3.63, 3.8) is 0 Å². The molecule has 0 radical (unpaired) electrons. The summed E-state index contributed by atoms with van der Waals surface area (Å²) in [4.78, 5) is 61.7. The summed E-state index contributed by atoms with van der Waals surface area (Å²) < 4.78 is 16.8. The minimum atomic E-state index is -5.14. The summed E-state index contributed by atoms with van der Waals surface area (Å²) in [6.45, 7) is 25.6. The number of carbonyl (C=O) groups is 5. The van der Waals surface area contributed by atoms with Crippen molar-refractivity contribution < 1.29 is 52.3 Å². The van der Waals surface area contributed by atoms with Crippen LogP contribution in [0.15, 0.2) is 112 Å². The summed E-state index contributed by atoms with van der Waals surface area (Å²) in [6, 6.07) is 29.1. The van der Waals surface area contributed by atoms with Gasteiger partial charge in [0.1, 0.15) is 5.76 Å². The van der Waals surface area contributed by atoms with Crippen LogP contribution in [0.1, 0.15) is 147 Å². The second-order valence-corrected chi connectivity index (χ2v) is 32.4. The zero-order chi connectivity index (χ0) is 61.0. The number of thioether (sulfide) groups is 2. The van der Waals surface area contributed by atoms with E-state index in [2.05, 4.69) is 88.4 Å². The Bertz CT molecular complexity index is 3050. The monoisotopic (exact) mass is 1350 g/mol. The fourth-order valence-corrected chi connectivity index (χ4v) is 23.3. The van der Waals surface area contributed by atoms with Gasteiger partial charge in [0.25, 0.3) is 0 Å². The Labute approximate surface area is 502 Å². The number of allylic oxidation sites excluding steroid dienone is 4. The zero-order valence-corrected chi connectivity index (χ0v) is 56.1. The number of hydrogen-bond donors (Lipinski definition) is 4. The first-order chi connectivity index (χ1) is 38.7. The quantitative estimate of drug-likeness (QED) is 0.0507. The van der Waals surface area contributed by atoms with Crippen molar-refractivity contribution in [3.05, 3.63) is 169 Å². The third-order valence-electron chi connectivity index (χ3n) is 14.0. The maximum Gasteiger partial charge on any atom is 0.488 e. The number of ketones is 2. The van der Waals surface area contributed by atoms with E-state index in [4.69, 9.17) is 18.1 Å². The normalized spacial score (nSPS) is 14.9. The number of aryl methyl sites for hydroxylation is 11. The van der Waals surface area contributed by atoms with Crippen molar-refractivity contribution in [2.24, 2.45) is 11.8 Å². The van der Waals surface area contributed by atoms with Gasteiger partial charge in [0.15, 0.2) is 11.6 Å². The molecule has 0 fully saturated rings. The Morgan fingerprint density at radius 3 is 1.40 bits per heavy atom. The molecule has 2 aliphatic rings. The molecule has 4 N–H and O–H groups in total. The largest absolute Gasteiger partial charge is 0.512 e. The minimum Gasteiger partial charge on any atom is -0.512 e. The van der Waals surface area contributed by atoms with Crippen molar-refractivity contribution in [3.8, 4) is 0 Å². The molecule has 0 saturated heterocycles. The van der Waals surface area contributed by atoms with Crippen molar-refractivity contribution in [2.75, 3.05) is 11.5 Å². The first kappa shape index (κ1) is 69.0. The fourth-order valence-electron chi connectivity index (χ4n) is 10.6. The first-order valence-corrected chi connectivity index (χ1v) is 36.9. The minimum absolute atomic E-state index is 0.0593. The van der Waals surface area contributed by atoms with Gasteiger partial charge in [-0.05, 0) is 143 Å². The topological polar surface area (TPSA) is 194 Å². The molecule has 0 spiro atoms. The van der Waals surface area contributed by atoms with E-state index in [-0.39, 0.29) is 29.0 Å². The molecule has 2 unspecified atom stereocenters. The van der Waals surface area contributed by atoms with Gasteiger partial charge in [0.2, 0.25) is 0 Å². The van der Waals surface area contributed by atoms with Crippen LogP contribution in [0.25, 0.3) is 5.57 Å². The van der Waals surface area contributed by atoms with E-state index in [0.717, 1.165) is 81.7 Å². The molecule has 2 aliphatic carbocycles. The molecule has 440 valence electrons. The van der Waals surface area contributed by atoms with Crippen molar-refractivity contribution in [1.82, 2.24) is 0 Å². The number of benzene rings is 5. The van der Waals surface area contributed by atoms with E-state index in [1.54, 1.807) is 0 Å². The third-order valence-corrected chi connectivity index (χ3v) is 27.7. The number of hydrogen-bond acceptors (Lipinski definition) is 14. The maximum atomic E-state index is 13.0. The number of aliphatic hydroxyl groups excluding tert-OH is 2. The Morgan fingerprint density at radius 1 is 0.549 bits per heavy atom.